The van der Waals surface area contributed by atoms with Crippen molar-refractivity contribution >= 4 is 15.9 Å². The normalized spacial score (nSPS) is 24.2. The number of hydrogen-bond acceptors (Lipinski definition) is 2. The maximum atomic E-state index is 13.7. The van der Waals surface area contributed by atoms with Gasteiger partial charge in [-0.1, -0.05) is 0 Å². The van der Waals surface area contributed by atoms with E-state index < -0.39 is 11.6 Å². The van der Waals surface area contributed by atoms with Crippen molar-refractivity contribution in [3.63, 3.8) is 0 Å². The molecule has 2 rings (SSSR count). The number of benzene rings is 1. The van der Waals surface area contributed by atoms with Crippen LogP contribution in [0.2, 0.25) is 0 Å². The molecule has 1 atom stereocenters. The molecule has 1 aromatic rings. The Bertz CT molecular complexity index is 419. The number of ether oxygens (including phenoxy) is 1. The molecule has 1 N–H and O–H groups in total. The fraction of sp³-hybridized carbons (Fsp3) is 0.500. The third-order valence-electron chi connectivity index (χ3n) is 3.05. The zero-order chi connectivity index (χ0) is 12.5. The Morgan fingerprint density at radius 1 is 1.47 bits per heavy atom. The van der Waals surface area contributed by atoms with E-state index in [1.54, 1.807) is 0 Å². The van der Waals surface area contributed by atoms with Gasteiger partial charge in [-0.2, -0.15) is 0 Å². The summed E-state index contributed by atoms with van der Waals surface area (Å²) >= 11 is 3.05. The number of rotatable bonds is 3. The smallest absolute Gasteiger partial charge is 0.144 e. The molecule has 1 unspecified atom stereocenters. The average molecular weight is 306 g/mol. The van der Waals surface area contributed by atoms with Gasteiger partial charge < -0.3 is 10.1 Å². The minimum absolute atomic E-state index is 0.0625. The summed E-state index contributed by atoms with van der Waals surface area (Å²) in [5, 5.41) is 3.16. The van der Waals surface area contributed by atoms with E-state index in [1.165, 1.54) is 12.1 Å². The highest BCUT2D eigenvalue weighted by Crippen LogP contribution is 2.23. The highest BCUT2D eigenvalue weighted by molar-refractivity contribution is 9.10. The number of halogens is 3. The summed E-state index contributed by atoms with van der Waals surface area (Å²) in [4.78, 5) is 0. The summed E-state index contributed by atoms with van der Waals surface area (Å²) in [6, 6.07) is 2.63. The van der Waals surface area contributed by atoms with E-state index in [1.807, 2.05) is 6.92 Å². The molecule has 1 heterocycles. The van der Waals surface area contributed by atoms with E-state index in [0.717, 1.165) is 6.42 Å². The molecule has 1 saturated heterocycles. The van der Waals surface area contributed by atoms with Crippen LogP contribution in [0.15, 0.2) is 16.6 Å². The Hall–Kier alpha value is -0.520. The van der Waals surface area contributed by atoms with Crippen molar-refractivity contribution in [2.45, 2.75) is 25.4 Å². The van der Waals surface area contributed by atoms with E-state index in [2.05, 4.69) is 21.2 Å². The van der Waals surface area contributed by atoms with Crippen LogP contribution in [0, 0.1) is 11.6 Å². The first-order chi connectivity index (χ1) is 8.02. The van der Waals surface area contributed by atoms with Crippen LogP contribution < -0.4 is 5.32 Å². The van der Waals surface area contributed by atoms with Crippen LogP contribution in [-0.2, 0) is 11.3 Å². The SMILES string of the molecule is CC1(NCc2c(F)ccc(Br)c2F)CCOC1. The Balaban J connectivity index is 2.11. The third-order valence-corrected chi connectivity index (χ3v) is 3.66. The maximum absolute atomic E-state index is 13.7. The van der Waals surface area contributed by atoms with Gasteiger partial charge in [-0.25, -0.2) is 8.78 Å². The first-order valence-corrected chi connectivity index (χ1v) is 6.26. The molecule has 0 bridgehead atoms. The highest BCUT2D eigenvalue weighted by atomic mass is 79.9. The second-order valence-corrected chi connectivity index (χ2v) is 5.39. The van der Waals surface area contributed by atoms with E-state index in [0.29, 0.717) is 13.2 Å². The summed E-state index contributed by atoms with van der Waals surface area (Å²) < 4.78 is 32.8. The van der Waals surface area contributed by atoms with Crippen molar-refractivity contribution in [1.82, 2.24) is 5.32 Å². The van der Waals surface area contributed by atoms with Crippen molar-refractivity contribution in [2.75, 3.05) is 13.2 Å². The molecule has 1 aliphatic rings. The lowest BCUT2D eigenvalue weighted by Crippen LogP contribution is -2.42. The van der Waals surface area contributed by atoms with Crippen molar-refractivity contribution in [2.24, 2.45) is 0 Å². The minimum Gasteiger partial charge on any atom is -0.379 e. The Labute approximate surface area is 107 Å². The van der Waals surface area contributed by atoms with Crippen LogP contribution >= 0.6 is 15.9 Å². The highest BCUT2D eigenvalue weighted by Gasteiger charge is 2.29. The van der Waals surface area contributed by atoms with Crippen LogP contribution in [0.25, 0.3) is 0 Å². The summed E-state index contributed by atoms with van der Waals surface area (Å²) in [6.45, 7) is 3.42. The van der Waals surface area contributed by atoms with Gasteiger partial charge in [0.2, 0.25) is 0 Å². The van der Waals surface area contributed by atoms with Gasteiger partial charge in [-0.3, -0.25) is 0 Å². The quantitative estimate of drug-likeness (QED) is 0.867. The Morgan fingerprint density at radius 3 is 2.88 bits per heavy atom. The fourth-order valence-corrected chi connectivity index (χ4v) is 2.21. The zero-order valence-corrected chi connectivity index (χ0v) is 11.1. The lowest BCUT2D eigenvalue weighted by Gasteiger charge is -2.24. The Kier molecular flexibility index (Phi) is 3.80. The number of hydrogen-bond donors (Lipinski definition) is 1. The molecule has 1 aliphatic heterocycles. The molecule has 1 fully saturated rings. The maximum Gasteiger partial charge on any atom is 0.144 e. The molecule has 0 aliphatic carbocycles. The topological polar surface area (TPSA) is 21.3 Å². The molecule has 0 radical (unpaired) electrons. The van der Waals surface area contributed by atoms with E-state index >= 15 is 0 Å². The van der Waals surface area contributed by atoms with Gasteiger partial charge in [-0.15, -0.1) is 0 Å². The molecule has 0 spiro atoms. The predicted molar refractivity (Wildman–Crippen MR) is 64.7 cm³/mol. The molecule has 0 saturated carbocycles. The van der Waals surface area contributed by atoms with Crippen LogP contribution in [0.4, 0.5) is 8.78 Å². The van der Waals surface area contributed by atoms with Gasteiger partial charge in [-0.05, 0) is 41.4 Å². The summed E-state index contributed by atoms with van der Waals surface area (Å²) in [7, 11) is 0. The van der Waals surface area contributed by atoms with E-state index in [4.69, 9.17) is 4.74 Å². The molecule has 0 aromatic heterocycles. The van der Waals surface area contributed by atoms with Gasteiger partial charge in [0.25, 0.3) is 0 Å². The van der Waals surface area contributed by atoms with Gasteiger partial charge >= 0.3 is 0 Å². The van der Waals surface area contributed by atoms with Crippen LogP contribution in [0.1, 0.15) is 18.9 Å². The molecule has 5 heteroatoms. The largest absolute Gasteiger partial charge is 0.379 e. The third kappa shape index (κ3) is 2.84. The minimum atomic E-state index is -0.542. The van der Waals surface area contributed by atoms with Gasteiger partial charge in [0.15, 0.2) is 0 Å². The molecule has 2 nitrogen and oxygen atoms in total. The van der Waals surface area contributed by atoms with E-state index in [-0.39, 0.29) is 22.1 Å². The predicted octanol–water partition coefficient (Wildman–Crippen LogP) is 3.00. The number of nitrogens with one attached hydrogen (secondary N) is 1. The standard InChI is InChI=1S/C12H14BrF2NO/c1-12(4-5-17-7-12)16-6-8-10(14)3-2-9(13)11(8)15/h2-3,16H,4-7H2,1H3. The van der Waals surface area contributed by atoms with Crippen molar-refractivity contribution in [3.05, 3.63) is 33.8 Å². The molecular formula is C12H14BrF2NO. The molecule has 17 heavy (non-hydrogen) atoms. The van der Waals surface area contributed by atoms with E-state index in [9.17, 15) is 8.78 Å². The second kappa shape index (κ2) is 5.00. The lowest BCUT2D eigenvalue weighted by atomic mass is 10.0. The van der Waals surface area contributed by atoms with Crippen LogP contribution in [0.3, 0.4) is 0 Å². The molecule has 1 aromatic carbocycles. The van der Waals surface area contributed by atoms with Crippen molar-refractivity contribution in [3.8, 4) is 0 Å². The van der Waals surface area contributed by atoms with Crippen molar-refractivity contribution in [1.29, 1.82) is 0 Å². The zero-order valence-electron chi connectivity index (χ0n) is 9.53. The lowest BCUT2D eigenvalue weighted by molar-refractivity contribution is 0.171. The summed E-state index contributed by atoms with van der Waals surface area (Å²) in [6.07, 6.45) is 0.851. The first-order valence-electron chi connectivity index (χ1n) is 5.47. The van der Waals surface area contributed by atoms with Crippen LogP contribution in [0.5, 0.6) is 0 Å². The van der Waals surface area contributed by atoms with Crippen LogP contribution in [-0.4, -0.2) is 18.8 Å². The van der Waals surface area contributed by atoms with Gasteiger partial charge in [0.1, 0.15) is 11.6 Å². The Morgan fingerprint density at radius 2 is 2.24 bits per heavy atom. The van der Waals surface area contributed by atoms with Gasteiger partial charge in [0.05, 0.1) is 11.1 Å². The average Bonchev–Trinajstić information content (AvgIpc) is 2.71. The summed E-state index contributed by atoms with van der Waals surface area (Å²) in [5.41, 5.74) is -0.131. The summed E-state index contributed by atoms with van der Waals surface area (Å²) in [5.74, 6) is -1.07. The van der Waals surface area contributed by atoms with Crippen molar-refractivity contribution < 1.29 is 13.5 Å². The molecule has 0 amide bonds. The first kappa shape index (κ1) is 12.9. The second-order valence-electron chi connectivity index (χ2n) is 4.54. The molecule has 94 valence electrons. The fourth-order valence-electron chi connectivity index (χ4n) is 1.84. The monoisotopic (exact) mass is 305 g/mol. The molecular weight excluding hydrogens is 292 g/mol. The van der Waals surface area contributed by atoms with Gasteiger partial charge in [0, 0.05) is 24.3 Å².